The second-order valence-electron chi connectivity index (χ2n) is 10.4. The summed E-state index contributed by atoms with van der Waals surface area (Å²) in [6.45, 7) is 2.29. The molecule has 41 heavy (non-hydrogen) atoms. The number of nitrogens with one attached hydrogen (secondary N) is 1. The number of halogens is 3. The van der Waals surface area contributed by atoms with Crippen molar-refractivity contribution in [3.05, 3.63) is 92.7 Å². The van der Waals surface area contributed by atoms with Crippen LogP contribution in [0.15, 0.2) is 65.1 Å². The van der Waals surface area contributed by atoms with Crippen LogP contribution < -0.4 is 5.32 Å². The number of rotatable bonds is 3. The van der Waals surface area contributed by atoms with Gasteiger partial charge in [0.1, 0.15) is 5.82 Å². The molecule has 3 aromatic rings. The zero-order chi connectivity index (χ0) is 29.3. The number of anilines is 1. The fourth-order valence-corrected chi connectivity index (χ4v) is 6.26. The topological polar surface area (TPSA) is 75.7 Å². The van der Waals surface area contributed by atoms with Crippen molar-refractivity contribution in [1.82, 2.24) is 4.90 Å². The van der Waals surface area contributed by atoms with Crippen molar-refractivity contribution in [3.8, 4) is 11.1 Å². The molecule has 2 aliphatic rings. The minimum absolute atomic E-state index is 0.00362. The zero-order valence-corrected chi connectivity index (χ0v) is 25.0. The van der Waals surface area contributed by atoms with Gasteiger partial charge in [-0.2, -0.15) is 0 Å². The fourth-order valence-electron chi connectivity index (χ4n) is 5.54. The van der Waals surface area contributed by atoms with Crippen LogP contribution in [-0.4, -0.2) is 36.3 Å². The van der Waals surface area contributed by atoms with E-state index in [9.17, 15) is 18.8 Å². The molecule has 0 saturated carbocycles. The van der Waals surface area contributed by atoms with Crippen LogP contribution in [0, 0.1) is 11.7 Å². The van der Waals surface area contributed by atoms with E-state index in [4.69, 9.17) is 16.3 Å². The van der Waals surface area contributed by atoms with Crippen LogP contribution in [0.2, 0.25) is 5.02 Å². The third kappa shape index (κ3) is 5.95. The summed E-state index contributed by atoms with van der Waals surface area (Å²) < 4.78 is 20.4. The summed E-state index contributed by atoms with van der Waals surface area (Å²) in [4.78, 5) is 40.8. The molecule has 5 rings (SSSR count). The predicted octanol–water partition coefficient (Wildman–Crippen LogP) is 7.81. The summed E-state index contributed by atoms with van der Waals surface area (Å²) in [5.74, 6) is -1.60. The molecule has 212 valence electrons. The number of hydrogen-bond donors (Lipinski definition) is 1. The van der Waals surface area contributed by atoms with E-state index in [2.05, 4.69) is 21.2 Å². The average Bonchev–Trinajstić information content (AvgIpc) is 2.97. The maximum absolute atomic E-state index is 14.9. The summed E-state index contributed by atoms with van der Waals surface area (Å²) in [7, 11) is 1.32. The van der Waals surface area contributed by atoms with Crippen LogP contribution in [0.5, 0.6) is 0 Å². The second kappa shape index (κ2) is 12.2. The molecule has 3 aromatic carbocycles. The Labute approximate surface area is 251 Å². The van der Waals surface area contributed by atoms with Crippen molar-refractivity contribution in [2.24, 2.45) is 5.92 Å². The molecular formula is C32H29BrClFN2O4. The molecule has 2 amide bonds. The number of nitrogens with zero attached hydrogens (tertiary/aromatic N) is 1. The smallest absolute Gasteiger partial charge is 0.337 e. The van der Waals surface area contributed by atoms with Gasteiger partial charge in [-0.25, -0.2) is 9.18 Å². The Morgan fingerprint density at radius 3 is 2.68 bits per heavy atom. The van der Waals surface area contributed by atoms with E-state index in [-0.39, 0.29) is 28.8 Å². The van der Waals surface area contributed by atoms with Gasteiger partial charge in [-0.05, 0) is 72.4 Å². The van der Waals surface area contributed by atoms with Crippen molar-refractivity contribution >= 4 is 56.6 Å². The van der Waals surface area contributed by atoms with Gasteiger partial charge in [-0.15, -0.1) is 0 Å². The maximum Gasteiger partial charge on any atom is 0.337 e. The summed E-state index contributed by atoms with van der Waals surface area (Å²) in [5.41, 5.74) is 4.29. The van der Waals surface area contributed by atoms with E-state index >= 15 is 0 Å². The Bertz CT molecular complexity index is 1570. The van der Waals surface area contributed by atoms with Gasteiger partial charge < -0.3 is 15.0 Å². The predicted molar refractivity (Wildman–Crippen MR) is 161 cm³/mol. The maximum atomic E-state index is 14.9. The normalized spacial score (nSPS) is 19.3. The molecule has 0 saturated heterocycles. The number of carbonyl (C=O) groups is 3. The van der Waals surface area contributed by atoms with E-state index in [1.165, 1.54) is 19.3 Å². The number of hydrogen-bond acceptors (Lipinski definition) is 4. The first-order chi connectivity index (χ1) is 19.7. The third-order valence-electron chi connectivity index (χ3n) is 7.79. The molecule has 0 unspecified atom stereocenters. The average molecular weight is 640 g/mol. The summed E-state index contributed by atoms with van der Waals surface area (Å²) >= 11 is 9.44. The van der Waals surface area contributed by atoms with Gasteiger partial charge in [-0.1, -0.05) is 59.1 Å². The van der Waals surface area contributed by atoms with Gasteiger partial charge >= 0.3 is 5.97 Å². The van der Waals surface area contributed by atoms with E-state index in [1.807, 2.05) is 36.1 Å². The summed E-state index contributed by atoms with van der Waals surface area (Å²) in [6, 6.07) is 15.8. The van der Waals surface area contributed by atoms with Crippen LogP contribution in [0.1, 0.15) is 60.1 Å². The molecule has 2 aliphatic heterocycles. The number of benzene rings is 3. The van der Waals surface area contributed by atoms with Gasteiger partial charge in [0.2, 0.25) is 11.8 Å². The molecule has 1 N–H and O–H groups in total. The highest BCUT2D eigenvalue weighted by molar-refractivity contribution is 9.10. The Hall–Kier alpha value is -3.49. The summed E-state index contributed by atoms with van der Waals surface area (Å²) in [6.07, 6.45) is 3.98. The highest BCUT2D eigenvalue weighted by Crippen LogP contribution is 2.39. The standard InChI is InChI=1S/C32H29BrClFN2O4/c1-18-5-3-8-27(37-14-13-21(17-28(37)38)29-24(33)10-11-25(34)30(29)35)20-7-4-6-19(15-20)23-16-22(32(40)41-2)9-12-26(23)36-31(18)39/h4,6-7,9-12,15-18,27H,3,5,8,13-14H2,1-2H3,(H,36,39)/t18-,27-/m1/s1. The Kier molecular flexibility index (Phi) is 8.61. The van der Waals surface area contributed by atoms with Crippen LogP contribution in [0.4, 0.5) is 10.1 Å². The van der Waals surface area contributed by atoms with Crippen LogP contribution in [0.25, 0.3) is 16.7 Å². The largest absolute Gasteiger partial charge is 0.465 e. The lowest BCUT2D eigenvalue weighted by Gasteiger charge is -2.35. The van der Waals surface area contributed by atoms with E-state index in [0.29, 0.717) is 58.2 Å². The Balaban J connectivity index is 1.56. The van der Waals surface area contributed by atoms with Gasteiger partial charge in [0.15, 0.2) is 0 Å². The lowest BCUT2D eigenvalue weighted by molar-refractivity contribution is -0.129. The van der Waals surface area contributed by atoms with E-state index < -0.39 is 11.8 Å². The second-order valence-corrected chi connectivity index (χ2v) is 11.6. The lowest BCUT2D eigenvalue weighted by Crippen LogP contribution is -2.37. The van der Waals surface area contributed by atoms with Crippen molar-refractivity contribution in [2.75, 3.05) is 19.0 Å². The molecule has 9 heteroatoms. The lowest BCUT2D eigenvalue weighted by atomic mass is 9.90. The SMILES string of the molecule is COC(=O)c1ccc2c(c1)-c1cccc(c1)[C@H](N1CCC(c3c(Br)ccc(Cl)c3F)=CC1=O)CCC[C@@H](C)C(=O)N2. The van der Waals surface area contributed by atoms with Gasteiger partial charge in [0.05, 0.1) is 23.7 Å². The number of methoxy groups -OCH3 is 1. The van der Waals surface area contributed by atoms with Gasteiger partial charge in [0, 0.05) is 39.8 Å². The molecule has 0 spiro atoms. The number of fused-ring (bicyclic) bond motifs is 4. The van der Waals surface area contributed by atoms with Crippen molar-refractivity contribution in [3.63, 3.8) is 0 Å². The van der Waals surface area contributed by atoms with Crippen molar-refractivity contribution < 1.29 is 23.5 Å². The number of esters is 1. The first-order valence-corrected chi connectivity index (χ1v) is 14.6. The molecule has 6 nitrogen and oxygen atoms in total. The zero-order valence-electron chi connectivity index (χ0n) is 22.7. The molecule has 0 aliphatic carbocycles. The molecular weight excluding hydrogens is 611 g/mol. The third-order valence-corrected chi connectivity index (χ3v) is 8.74. The molecule has 2 bridgehead atoms. The minimum atomic E-state index is -0.551. The minimum Gasteiger partial charge on any atom is -0.465 e. The number of carbonyl (C=O) groups excluding carboxylic acids is 3. The first-order valence-electron chi connectivity index (χ1n) is 13.5. The van der Waals surface area contributed by atoms with Crippen LogP contribution in [0.3, 0.4) is 0 Å². The molecule has 2 atom stereocenters. The van der Waals surface area contributed by atoms with E-state index in [1.54, 1.807) is 24.3 Å². The highest BCUT2D eigenvalue weighted by atomic mass is 79.9. The van der Waals surface area contributed by atoms with Crippen LogP contribution >= 0.6 is 27.5 Å². The van der Waals surface area contributed by atoms with Gasteiger partial charge in [-0.3, -0.25) is 9.59 Å². The monoisotopic (exact) mass is 638 g/mol. The molecule has 0 radical (unpaired) electrons. The highest BCUT2D eigenvalue weighted by Gasteiger charge is 2.30. The molecule has 2 heterocycles. The fraction of sp³-hybridized carbons (Fsp3) is 0.281. The van der Waals surface area contributed by atoms with Crippen molar-refractivity contribution in [2.45, 2.75) is 38.6 Å². The van der Waals surface area contributed by atoms with Crippen molar-refractivity contribution in [1.29, 1.82) is 0 Å². The van der Waals surface area contributed by atoms with E-state index in [0.717, 1.165) is 17.5 Å². The quantitative estimate of drug-likeness (QED) is 0.234. The Morgan fingerprint density at radius 2 is 1.93 bits per heavy atom. The summed E-state index contributed by atoms with van der Waals surface area (Å²) in [5, 5.41) is 3.03. The number of amides is 2. The first kappa shape index (κ1) is 29.0. The van der Waals surface area contributed by atoms with Crippen LogP contribution in [-0.2, 0) is 14.3 Å². The molecule has 0 aromatic heterocycles. The number of ether oxygens (including phenoxy) is 1. The van der Waals surface area contributed by atoms with Gasteiger partial charge in [0.25, 0.3) is 0 Å². The Morgan fingerprint density at radius 1 is 1.12 bits per heavy atom. The molecule has 0 fully saturated rings.